The number of carbonyl (C=O) groups excluding carboxylic acids is 2. The second-order valence-electron chi connectivity index (χ2n) is 8.11. The fourth-order valence-corrected chi connectivity index (χ4v) is 5.39. The zero-order valence-corrected chi connectivity index (χ0v) is 21.9. The van der Waals surface area contributed by atoms with Crippen molar-refractivity contribution in [2.75, 3.05) is 11.9 Å². The number of rotatable bonds is 6. The summed E-state index contributed by atoms with van der Waals surface area (Å²) in [5, 5.41) is 16.1. The molecule has 1 amide bonds. The van der Waals surface area contributed by atoms with Gasteiger partial charge in [0.15, 0.2) is 18.2 Å². The van der Waals surface area contributed by atoms with E-state index in [9.17, 15) is 23.1 Å². The molecule has 1 heterocycles. The molecule has 34 heavy (non-hydrogen) atoms. The Morgan fingerprint density at radius 2 is 1.94 bits per heavy atom. The molecule has 3 N–H and O–H groups in total. The van der Waals surface area contributed by atoms with Gasteiger partial charge in [0, 0.05) is 6.07 Å². The number of nitrogens with two attached hydrogens (primary N) is 1. The summed E-state index contributed by atoms with van der Waals surface area (Å²) in [6, 6.07) is 10.9. The number of amides is 1. The van der Waals surface area contributed by atoms with E-state index < -0.39 is 39.5 Å². The molecule has 1 atom stereocenters. The van der Waals surface area contributed by atoms with Crippen molar-refractivity contribution in [1.29, 1.82) is 0 Å². The Balaban J connectivity index is 0.00000324. The summed E-state index contributed by atoms with van der Waals surface area (Å²) < 4.78 is 34.8. The normalized spacial score (nSPS) is 20.3. The first-order chi connectivity index (χ1) is 15.6. The van der Waals surface area contributed by atoms with Crippen molar-refractivity contribution in [1.82, 2.24) is 0 Å². The predicted octanol–water partition coefficient (Wildman–Crippen LogP) is -1.52. The zero-order valence-electron chi connectivity index (χ0n) is 19.0. The fraction of sp³-hybridized carbons (Fsp3) is 0.261. The van der Waals surface area contributed by atoms with Crippen LogP contribution in [0.1, 0.15) is 37.8 Å². The number of anilines is 1. The summed E-state index contributed by atoms with van der Waals surface area (Å²) in [5.74, 6) is -1.95. The summed E-state index contributed by atoms with van der Waals surface area (Å²) in [5.41, 5.74) is 4.89. The second kappa shape index (κ2) is 9.53. The summed E-state index contributed by atoms with van der Waals surface area (Å²) >= 11 is 0. The molecule has 0 spiro atoms. The Morgan fingerprint density at radius 3 is 2.62 bits per heavy atom. The number of benzene rings is 2. The van der Waals surface area contributed by atoms with Gasteiger partial charge in [-0.1, -0.05) is 43.4 Å². The molecule has 0 bridgehead atoms. The molecule has 2 aliphatic rings. The van der Waals surface area contributed by atoms with Crippen LogP contribution in [-0.4, -0.2) is 32.6 Å². The van der Waals surface area contributed by atoms with E-state index in [-0.39, 0.29) is 57.3 Å². The van der Waals surface area contributed by atoms with Crippen LogP contribution in [0.3, 0.4) is 0 Å². The molecule has 0 saturated heterocycles. The molecule has 2 aromatic carbocycles. The van der Waals surface area contributed by atoms with Gasteiger partial charge in [0.25, 0.3) is 15.9 Å². The summed E-state index contributed by atoms with van der Waals surface area (Å²) in [6.45, 7) is 3.28. The number of Topliss-reactive ketones (excluding diaryl/α,β-unsaturated/α-hetero) is 1. The van der Waals surface area contributed by atoms with E-state index >= 15 is 0 Å². The number of nitrogens with zero attached hydrogens (tertiary/aromatic N) is 1. The second-order valence-corrected chi connectivity index (χ2v) is 9.69. The number of hydrogen-bond donors (Lipinski definition) is 2. The summed E-state index contributed by atoms with van der Waals surface area (Å²) in [6.07, 6.45) is 1.17. The van der Waals surface area contributed by atoms with Gasteiger partial charge >= 0.3 is 29.6 Å². The smallest absolute Gasteiger partial charge is 0.871 e. The monoisotopic (exact) mass is 491 g/mol. The van der Waals surface area contributed by atoms with Crippen LogP contribution in [-0.2, 0) is 25.0 Å². The Hall–Kier alpha value is -2.66. The predicted molar refractivity (Wildman–Crippen MR) is 120 cm³/mol. The van der Waals surface area contributed by atoms with E-state index in [0.29, 0.717) is 24.0 Å². The third kappa shape index (κ3) is 4.38. The van der Waals surface area contributed by atoms with Crippen LogP contribution >= 0.6 is 0 Å². The van der Waals surface area contributed by atoms with Crippen molar-refractivity contribution in [3.8, 4) is 5.75 Å². The number of ether oxygens (including phenoxy) is 1. The van der Waals surface area contributed by atoms with Crippen molar-refractivity contribution < 1.29 is 57.4 Å². The average molecular weight is 492 g/mol. The van der Waals surface area contributed by atoms with Crippen molar-refractivity contribution in [2.45, 2.75) is 37.0 Å². The maximum atomic E-state index is 13.6. The van der Waals surface area contributed by atoms with E-state index in [0.717, 1.165) is 0 Å². The summed E-state index contributed by atoms with van der Waals surface area (Å²) in [4.78, 5) is 24.3. The molecule has 4 rings (SSSR count). The first-order valence-corrected chi connectivity index (χ1v) is 11.8. The van der Waals surface area contributed by atoms with Gasteiger partial charge in [0.2, 0.25) is 0 Å². The largest absolute Gasteiger partial charge is 1.00 e. The SMILES string of the molecule is CCCC1(C)C(=O)C(C2=NS(=O)(=O)c3cc(OCC(N)=O)ccc3N2)=C([O-])c2ccccc21.[Na+]. The maximum Gasteiger partial charge on any atom is 1.00 e. The van der Waals surface area contributed by atoms with E-state index in [1.165, 1.54) is 18.2 Å². The van der Waals surface area contributed by atoms with Crippen LogP contribution in [0.2, 0.25) is 0 Å². The molecular weight excluding hydrogens is 469 g/mol. The Labute approximate surface area is 219 Å². The number of amidine groups is 1. The number of ketones is 1. The van der Waals surface area contributed by atoms with Crippen molar-refractivity contribution in [3.63, 3.8) is 0 Å². The van der Waals surface area contributed by atoms with Gasteiger partial charge in [-0.2, -0.15) is 8.42 Å². The molecule has 0 fully saturated rings. The topological polar surface area (TPSA) is 151 Å². The average Bonchev–Trinajstić information content (AvgIpc) is 2.77. The minimum Gasteiger partial charge on any atom is -0.871 e. The standard InChI is InChI=1S/C23H23N3O6S.Na/c1-3-10-23(2)15-7-5-4-6-14(15)20(28)19(21(23)29)22-25-16-9-8-13(32-12-18(24)27)11-17(16)33(30,31)26-22;/h4-9,11,28H,3,10,12H2,1-2H3,(H2,24,27)(H,25,26);/q;+1/p-1. The number of sulfonamides is 1. The molecule has 0 radical (unpaired) electrons. The van der Waals surface area contributed by atoms with Crippen LogP contribution in [0.25, 0.3) is 5.76 Å². The van der Waals surface area contributed by atoms with Gasteiger partial charge in [-0.25, -0.2) is 0 Å². The van der Waals surface area contributed by atoms with E-state index in [1.54, 1.807) is 31.2 Å². The van der Waals surface area contributed by atoms with Gasteiger partial charge in [-0.05, 0) is 36.6 Å². The molecule has 1 aliphatic heterocycles. The van der Waals surface area contributed by atoms with E-state index in [1.807, 2.05) is 6.92 Å². The van der Waals surface area contributed by atoms with Crippen LogP contribution in [0.4, 0.5) is 5.69 Å². The Kier molecular flexibility index (Phi) is 7.28. The Morgan fingerprint density at radius 1 is 1.24 bits per heavy atom. The first kappa shape index (κ1) is 26.0. The van der Waals surface area contributed by atoms with Gasteiger partial charge in [0.05, 0.1) is 16.7 Å². The number of primary amides is 1. The van der Waals surface area contributed by atoms with Gasteiger partial charge in [0.1, 0.15) is 10.6 Å². The third-order valence-electron chi connectivity index (χ3n) is 5.78. The van der Waals surface area contributed by atoms with Crippen LogP contribution in [0.5, 0.6) is 5.75 Å². The number of carbonyl (C=O) groups is 2. The van der Waals surface area contributed by atoms with Gasteiger partial charge in [-0.3, -0.25) is 9.59 Å². The van der Waals surface area contributed by atoms with Crippen LogP contribution in [0, 0.1) is 0 Å². The Bertz CT molecular complexity index is 1350. The minimum absolute atomic E-state index is 0. The van der Waals surface area contributed by atoms with Crippen LogP contribution < -0.4 is 50.5 Å². The quantitative estimate of drug-likeness (QED) is 0.466. The number of fused-ring (bicyclic) bond motifs is 2. The minimum atomic E-state index is -4.27. The molecule has 2 aromatic rings. The summed E-state index contributed by atoms with van der Waals surface area (Å²) in [7, 11) is -4.27. The van der Waals surface area contributed by atoms with Crippen molar-refractivity contribution in [2.24, 2.45) is 10.1 Å². The van der Waals surface area contributed by atoms with Gasteiger partial charge in [-0.15, -0.1) is 4.40 Å². The number of nitrogens with one attached hydrogen (secondary N) is 1. The molecule has 1 unspecified atom stereocenters. The molecule has 9 nitrogen and oxygen atoms in total. The van der Waals surface area contributed by atoms with E-state index in [2.05, 4.69) is 9.71 Å². The molecule has 11 heteroatoms. The van der Waals surface area contributed by atoms with Crippen molar-refractivity contribution >= 4 is 39.0 Å². The number of hydrogen-bond acceptors (Lipinski definition) is 7. The third-order valence-corrected chi connectivity index (χ3v) is 7.10. The first-order valence-electron chi connectivity index (χ1n) is 10.3. The maximum absolute atomic E-state index is 13.6. The van der Waals surface area contributed by atoms with Crippen LogP contribution in [0.15, 0.2) is 57.3 Å². The molecular formula is C23H22N3NaO6S. The molecule has 1 aliphatic carbocycles. The molecule has 172 valence electrons. The van der Waals surface area contributed by atoms with E-state index in [4.69, 9.17) is 10.5 Å². The zero-order chi connectivity index (χ0) is 24.0. The fourth-order valence-electron chi connectivity index (χ4n) is 4.25. The molecule has 0 saturated carbocycles. The van der Waals surface area contributed by atoms with Crippen molar-refractivity contribution in [3.05, 3.63) is 59.2 Å². The van der Waals surface area contributed by atoms with Gasteiger partial charge < -0.3 is 20.9 Å². The molecule has 0 aromatic heterocycles.